The van der Waals surface area contributed by atoms with Crippen LogP contribution in [0.15, 0.2) is 30.3 Å². The normalized spacial score (nSPS) is 20.3. The molecule has 6 heteroatoms. The van der Waals surface area contributed by atoms with E-state index in [-0.39, 0.29) is 5.75 Å². The lowest BCUT2D eigenvalue weighted by atomic mass is 10.1. The van der Waals surface area contributed by atoms with Gasteiger partial charge in [-0.1, -0.05) is 18.2 Å². The zero-order chi connectivity index (χ0) is 15.7. The molecule has 2 N–H and O–H groups in total. The fourth-order valence-corrected chi connectivity index (χ4v) is 2.83. The van der Waals surface area contributed by atoms with Crippen LogP contribution in [0.25, 0.3) is 10.9 Å². The number of pyridine rings is 1. The van der Waals surface area contributed by atoms with E-state index in [4.69, 9.17) is 0 Å². The van der Waals surface area contributed by atoms with Crippen LogP contribution in [0.4, 0.5) is 0 Å². The van der Waals surface area contributed by atoms with Crippen LogP contribution in [-0.4, -0.2) is 63.7 Å². The number of phenolic OH excluding ortho intramolecular Hbond substituents is 1. The Kier molecular flexibility index (Phi) is 3.96. The van der Waals surface area contributed by atoms with Gasteiger partial charge in [0, 0.05) is 31.6 Å². The molecule has 22 heavy (non-hydrogen) atoms. The second kappa shape index (κ2) is 5.90. The third-order valence-corrected chi connectivity index (χ3v) is 4.16. The van der Waals surface area contributed by atoms with Gasteiger partial charge in [0.15, 0.2) is 0 Å². The van der Waals surface area contributed by atoms with Crippen LogP contribution in [0.5, 0.6) is 5.75 Å². The number of hydrogen-bond donors (Lipinski definition) is 2. The van der Waals surface area contributed by atoms with Crippen molar-refractivity contribution in [3.63, 3.8) is 0 Å². The zero-order valence-electron chi connectivity index (χ0n) is 12.4. The number of fused-ring (bicyclic) bond motifs is 1. The summed E-state index contributed by atoms with van der Waals surface area (Å²) in [6, 6.07) is 8.69. The molecule has 1 unspecified atom stereocenters. The molecule has 0 amide bonds. The lowest BCUT2D eigenvalue weighted by Gasteiger charge is -2.36. The average Bonchev–Trinajstić information content (AvgIpc) is 2.50. The number of piperazine rings is 1. The van der Waals surface area contributed by atoms with Crippen LogP contribution in [-0.2, 0) is 11.3 Å². The molecular formula is C16H19N3O3. The summed E-state index contributed by atoms with van der Waals surface area (Å²) in [6.45, 7) is 2.59. The monoisotopic (exact) mass is 301 g/mol. The predicted octanol–water partition coefficient (Wildman–Crippen LogP) is 1.14. The molecule has 1 aliphatic rings. The number of aliphatic carboxylic acids is 1. The molecule has 2 aromatic rings. The lowest BCUT2D eigenvalue weighted by Crippen LogP contribution is -2.54. The Morgan fingerprint density at radius 3 is 2.91 bits per heavy atom. The van der Waals surface area contributed by atoms with Crippen molar-refractivity contribution >= 4 is 16.9 Å². The molecule has 1 aromatic heterocycles. The number of carbonyl (C=O) groups is 1. The second-order valence-electron chi connectivity index (χ2n) is 5.72. The fraction of sp³-hybridized carbons (Fsp3) is 0.375. The van der Waals surface area contributed by atoms with Gasteiger partial charge >= 0.3 is 5.97 Å². The Labute approximate surface area is 128 Å². The van der Waals surface area contributed by atoms with Crippen molar-refractivity contribution in [3.8, 4) is 5.75 Å². The fourth-order valence-electron chi connectivity index (χ4n) is 2.83. The smallest absolute Gasteiger partial charge is 0.322 e. The summed E-state index contributed by atoms with van der Waals surface area (Å²) in [7, 11) is 1.84. The van der Waals surface area contributed by atoms with Crippen molar-refractivity contribution < 1.29 is 15.0 Å². The SMILES string of the molecule is CN1CCN(Cc2ccc3cccc(O)c3n2)CC1C(=O)O. The minimum Gasteiger partial charge on any atom is -0.506 e. The van der Waals surface area contributed by atoms with E-state index >= 15 is 0 Å². The van der Waals surface area contributed by atoms with Crippen LogP contribution in [0.3, 0.4) is 0 Å². The first-order valence-electron chi connectivity index (χ1n) is 7.27. The molecule has 116 valence electrons. The summed E-state index contributed by atoms with van der Waals surface area (Å²) >= 11 is 0. The van der Waals surface area contributed by atoms with Gasteiger partial charge in [0.05, 0.1) is 5.69 Å². The molecule has 1 fully saturated rings. The van der Waals surface area contributed by atoms with Gasteiger partial charge < -0.3 is 10.2 Å². The number of para-hydroxylation sites is 1. The highest BCUT2D eigenvalue weighted by molar-refractivity contribution is 5.84. The summed E-state index contributed by atoms with van der Waals surface area (Å²) < 4.78 is 0. The number of aromatic nitrogens is 1. The zero-order valence-corrected chi connectivity index (χ0v) is 12.4. The molecule has 1 aliphatic heterocycles. The molecule has 3 rings (SSSR count). The largest absolute Gasteiger partial charge is 0.506 e. The van der Waals surface area contributed by atoms with Crippen molar-refractivity contribution in [1.29, 1.82) is 0 Å². The first kappa shape index (κ1) is 14.7. The molecule has 0 aliphatic carbocycles. The maximum absolute atomic E-state index is 11.3. The summed E-state index contributed by atoms with van der Waals surface area (Å²) in [6.07, 6.45) is 0. The van der Waals surface area contributed by atoms with Gasteiger partial charge in [0.25, 0.3) is 0 Å². The Balaban J connectivity index is 1.78. The first-order chi connectivity index (χ1) is 10.5. The van der Waals surface area contributed by atoms with Crippen molar-refractivity contribution in [2.45, 2.75) is 12.6 Å². The van der Waals surface area contributed by atoms with Crippen LogP contribution in [0.1, 0.15) is 5.69 Å². The molecule has 0 bridgehead atoms. The number of nitrogens with zero attached hydrogens (tertiary/aromatic N) is 3. The number of carboxylic acids is 1. The van der Waals surface area contributed by atoms with Gasteiger partial charge in [-0.3, -0.25) is 14.6 Å². The number of carboxylic acid groups (broad SMARTS) is 1. The molecule has 1 atom stereocenters. The molecule has 6 nitrogen and oxygen atoms in total. The van der Waals surface area contributed by atoms with Gasteiger partial charge in [0.1, 0.15) is 17.3 Å². The Hall–Kier alpha value is -2.18. The minimum atomic E-state index is -0.795. The number of phenols is 1. The highest BCUT2D eigenvalue weighted by Gasteiger charge is 2.29. The van der Waals surface area contributed by atoms with Gasteiger partial charge in [-0.2, -0.15) is 0 Å². The van der Waals surface area contributed by atoms with E-state index in [1.54, 1.807) is 12.1 Å². The van der Waals surface area contributed by atoms with Crippen LogP contribution in [0.2, 0.25) is 0 Å². The summed E-state index contributed by atoms with van der Waals surface area (Å²) in [5.41, 5.74) is 1.42. The van der Waals surface area contributed by atoms with E-state index in [1.165, 1.54) is 0 Å². The highest BCUT2D eigenvalue weighted by Crippen LogP contribution is 2.23. The van der Waals surface area contributed by atoms with Crippen LogP contribution in [0, 0.1) is 0 Å². The van der Waals surface area contributed by atoms with Crippen molar-refractivity contribution in [2.75, 3.05) is 26.7 Å². The third kappa shape index (κ3) is 2.88. The number of hydrogen-bond acceptors (Lipinski definition) is 5. The van der Waals surface area contributed by atoms with E-state index in [2.05, 4.69) is 9.88 Å². The Morgan fingerprint density at radius 2 is 2.14 bits per heavy atom. The molecule has 0 saturated carbocycles. The van der Waals surface area contributed by atoms with Crippen LogP contribution >= 0.6 is 0 Å². The van der Waals surface area contributed by atoms with E-state index < -0.39 is 12.0 Å². The third-order valence-electron chi connectivity index (χ3n) is 4.16. The molecule has 1 aromatic carbocycles. The van der Waals surface area contributed by atoms with Gasteiger partial charge in [-0.05, 0) is 19.2 Å². The average molecular weight is 301 g/mol. The minimum absolute atomic E-state index is 0.168. The standard InChI is InChI=1S/C16H19N3O3/c1-18-7-8-19(10-13(18)16(21)22)9-12-6-5-11-3-2-4-14(20)15(11)17-12/h2-6,13,20H,7-10H2,1H3,(H,21,22). The van der Waals surface area contributed by atoms with E-state index in [9.17, 15) is 15.0 Å². The molecule has 1 saturated heterocycles. The van der Waals surface area contributed by atoms with Gasteiger partial charge in [-0.25, -0.2) is 4.98 Å². The Morgan fingerprint density at radius 1 is 1.32 bits per heavy atom. The molecular weight excluding hydrogens is 282 g/mol. The molecule has 0 radical (unpaired) electrons. The molecule has 2 heterocycles. The van der Waals surface area contributed by atoms with Crippen molar-refractivity contribution in [1.82, 2.24) is 14.8 Å². The maximum atomic E-state index is 11.3. The topological polar surface area (TPSA) is 76.9 Å². The number of benzene rings is 1. The number of rotatable bonds is 3. The van der Waals surface area contributed by atoms with E-state index in [1.807, 2.05) is 30.1 Å². The van der Waals surface area contributed by atoms with Gasteiger partial charge in [0.2, 0.25) is 0 Å². The predicted molar refractivity (Wildman–Crippen MR) is 82.7 cm³/mol. The van der Waals surface area contributed by atoms with E-state index in [0.29, 0.717) is 18.6 Å². The van der Waals surface area contributed by atoms with Crippen molar-refractivity contribution in [3.05, 3.63) is 36.0 Å². The second-order valence-corrected chi connectivity index (χ2v) is 5.72. The first-order valence-corrected chi connectivity index (χ1v) is 7.27. The van der Waals surface area contributed by atoms with Crippen LogP contribution < -0.4 is 0 Å². The lowest BCUT2D eigenvalue weighted by molar-refractivity contribution is -0.145. The number of likely N-dealkylation sites (N-methyl/N-ethyl adjacent to an activating group) is 1. The summed E-state index contributed by atoms with van der Waals surface area (Å²) in [5.74, 6) is -0.627. The number of aromatic hydroxyl groups is 1. The highest BCUT2D eigenvalue weighted by atomic mass is 16.4. The molecule has 0 spiro atoms. The van der Waals surface area contributed by atoms with Crippen molar-refractivity contribution in [2.24, 2.45) is 0 Å². The van der Waals surface area contributed by atoms with E-state index in [0.717, 1.165) is 24.2 Å². The quantitative estimate of drug-likeness (QED) is 0.885. The van der Waals surface area contributed by atoms with Gasteiger partial charge in [-0.15, -0.1) is 0 Å². The summed E-state index contributed by atoms with van der Waals surface area (Å²) in [4.78, 5) is 19.7. The Bertz CT molecular complexity index is 704. The summed E-state index contributed by atoms with van der Waals surface area (Å²) in [5, 5.41) is 20.0. The maximum Gasteiger partial charge on any atom is 0.322 e.